The van der Waals surface area contributed by atoms with Crippen LogP contribution in [0.25, 0.3) is 0 Å². The molecule has 6 fully saturated rings. The van der Waals surface area contributed by atoms with Crippen molar-refractivity contribution in [2.75, 3.05) is 13.2 Å². The second-order valence-electron chi connectivity index (χ2n) is 19.7. The molecule has 6 saturated carbocycles. The van der Waals surface area contributed by atoms with E-state index < -0.39 is 141 Å². The number of hydrogen-bond donors (Lipinski definition) is 6. The number of aliphatic hydroxyl groups is 6. The molecule has 0 aromatic heterocycles. The second kappa shape index (κ2) is 13.3. The predicted molar refractivity (Wildman–Crippen MR) is 200 cm³/mol. The molecule has 0 spiro atoms. The topological polar surface area (TPSA) is 190 Å². The van der Waals surface area contributed by atoms with Gasteiger partial charge in [-0.2, -0.15) is 0 Å². The van der Waals surface area contributed by atoms with E-state index in [1.54, 1.807) is 27.7 Å². The summed E-state index contributed by atoms with van der Waals surface area (Å²) in [4.78, 5) is 48.7. The van der Waals surface area contributed by atoms with Gasteiger partial charge in [-0.3, -0.25) is 19.2 Å². The number of halogens is 4. The number of Topliss-reactive ketones (excluding diaryl/α,β-unsaturated/α-hetero) is 2. The molecular weight excluding hydrogens is 764 g/mol. The van der Waals surface area contributed by atoms with Crippen LogP contribution in [0.4, 0.5) is 17.6 Å². The van der Waals surface area contributed by atoms with Crippen LogP contribution in [0, 0.1) is 57.2 Å². The summed E-state index contributed by atoms with van der Waals surface area (Å²) in [5.41, 5.74) is -13.6. The molecule has 0 heterocycles. The SMILES string of the molecule is C[C@@H]1C[C@H]2[C@@H]3C[C@H](F)C4=CC(=O)C=C[C@]4(C)[C@@]3(F)[C@@H](O)C[C@]2(C)[C@@]1(O)C(=O)CO.C[C@@H]1C[C@H]2[C@@H]3C[C@H](F)C4=CC(=O)C=C[C@]4(C)[C@@]3(F)[C@@H](O)C[C@]2(C)[C@@]1(O)C(=O)CO. The van der Waals surface area contributed by atoms with E-state index in [0.717, 1.165) is 12.2 Å². The highest BCUT2D eigenvalue weighted by atomic mass is 19.2. The van der Waals surface area contributed by atoms with Gasteiger partial charge in [0, 0.05) is 33.5 Å². The molecular formula is C44H56F4O10. The van der Waals surface area contributed by atoms with Gasteiger partial charge < -0.3 is 30.6 Å². The van der Waals surface area contributed by atoms with Crippen molar-refractivity contribution < 1.29 is 67.4 Å². The van der Waals surface area contributed by atoms with Gasteiger partial charge in [-0.05, 0) is 111 Å². The van der Waals surface area contributed by atoms with Crippen molar-refractivity contribution in [3.05, 3.63) is 47.6 Å². The summed E-state index contributed by atoms with van der Waals surface area (Å²) in [6, 6.07) is 0. The van der Waals surface area contributed by atoms with Gasteiger partial charge in [0.2, 0.25) is 0 Å². The number of allylic oxidation sites excluding steroid dienone is 8. The molecule has 0 saturated heterocycles. The highest BCUT2D eigenvalue weighted by Gasteiger charge is 2.78. The molecule has 8 aliphatic rings. The van der Waals surface area contributed by atoms with Crippen molar-refractivity contribution in [3.63, 3.8) is 0 Å². The van der Waals surface area contributed by atoms with Crippen LogP contribution >= 0.6 is 0 Å². The number of carbonyl (C=O) groups excluding carboxylic acids is 4. The Morgan fingerprint density at radius 1 is 0.638 bits per heavy atom. The Labute approximate surface area is 335 Å². The van der Waals surface area contributed by atoms with Crippen molar-refractivity contribution in [1.82, 2.24) is 0 Å². The monoisotopic (exact) mass is 820 g/mol. The maximum Gasteiger partial charge on any atom is 0.190 e. The van der Waals surface area contributed by atoms with Crippen LogP contribution in [0.1, 0.15) is 80.1 Å². The third kappa shape index (κ3) is 4.93. The fourth-order valence-electron chi connectivity index (χ4n) is 14.5. The number of hydrogen-bond acceptors (Lipinski definition) is 10. The van der Waals surface area contributed by atoms with Crippen LogP contribution in [0.5, 0.6) is 0 Å². The number of ketones is 4. The molecule has 0 aromatic rings. The Morgan fingerprint density at radius 2 is 0.966 bits per heavy atom. The minimum absolute atomic E-state index is 0.0409. The molecule has 18 atom stereocenters. The summed E-state index contributed by atoms with van der Waals surface area (Å²) in [5, 5.41) is 63.8. The minimum atomic E-state index is -2.24. The molecule has 10 nitrogen and oxygen atoms in total. The average molecular weight is 821 g/mol. The summed E-state index contributed by atoms with van der Waals surface area (Å²) in [7, 11) is 0. The summed E-state index contributed by atoms with van der Waals surface area (Å²) in [6.07, 6.45) is 0.854. The highest BCUT2D eigenvalue weighted by Crippen LogP contribution is 2.72. The summed E-state index contributed by atoms with van der Waals surface area (Å²) < 4.78 is 64.2. The third-order valence-corrected chi connectivity index (χ3v) is 17.6. The quantitative estimate of drug-likeness (QED) is 0.228. The first-order valence-electron chi connectivity index (χ1n) is 20.4. The normalized spacial score (nSPS) is 53.7. The van der Waals surface area contributed by atoms with E-state index in [-0.39, 0.29) is 49.7 Å². The lowest BCUT2D eigenvalue weighted by Gasteiger charge is -2.63. The van der Waals surface area contributed by atoms with Crippen LogP contribution in [0.3, 0.4) is 0 Å². The molecule has 0 bridgehead atoms. The van der Waals surface area contributed by atoms with Crippen LogP contribution in [0.2, 0.25) is 0 Å². The van der Waals surface area contributed by atoms with Crippen LogP contribution in [0.15, 0.2) is 47.6 Å². The van der Waals surface area contributed by atoms with Crippen molar-refractivity contribution in [2.45, 2.75) is 127 Å². The largest absolute Gasteiger partial charge is 0.390 e. The van der Waals surface area contributed by atoms with E-state index in [9.17, 15) is 49.8 Å². The molecule has 58 heavy (non-hydrogen) atoms. The molecule has 6 N–H and O–H groups in total. The van der Waals surface area contributed by atoms with Crippen molar-refractivity contribution in [2.24, 2.45) is 57.2 Å². The van der Waals surface area contributed by atoms with Gasteiger partial charge in [-0.25, -0.2) is 17.6 Å². The van der Waals surface area contributed by atoms with E-state index in [1.807, 2.05) is 0 Å². The number of fused-ring (bicyclic) bond motifs is 10. The molecule has 8 rings (SSSR count). The van der Waals surface area contributed by atoms with Crippen LogP contribution in [-0.2, 0) is 19.2 Å². The molecule has 0 radical (unpaired) electrons. The Morgan fingerprint density at radius 3 is 1.28 bits per heavy atom. The Hall–Kier alpha value is -2.88. The van der Waals surface area contributed by atoms with E-state index in [2.05, 4.69) is 0 Å². The third-order valence-electron chi connectivity index (χ3n) is 17.6. The zero-order valence-electron chi connectivity index (χ0n) is 33.7. The first-order chi connectivity index (χ1) is 26.7. The lowest BCUT2D eigenvalue weighted by molar-refractivity contribution is -0.223. The molecule has 320 valence electrons. The smallest absolute Gasteiger partial charge is 0.190 e. The minimum Gasteiger partial charge on any atom is -0.390 e. The van der Waals surface area contributed by atoms with Gasteiger partial charge in [0.15, 0.2) is 34.5 Å². The Kier molecular flexibility index (Phi) is 9.92. The molecule has 14 heteroatoms. The summed E-state index contributed by atoms with van der Waals surface area (Å²) >= 11 is 0. The van der Waals surface area contributed by atoms with Crippen molar-refractivity contribution >= 4 is 23.1 Å². The average Bonchev–Trinajstić information content (AvgIpc) is 3.50. The Bertz CT molecular complexity index is 1810. The van der Waals surface area contributed by atoms with E-state index >= 15 is 17.6 Å². The summed E-state index contributed by atoms with van der Waals surface area (Å²) in [6.45, 7) is 7.93. The lowest BCUT2D eigenvalue weighted by Crippen LogP contribution is -2.70. The van der Waals surface area contributed by atoms with Gasteiger partial charge in [-0.15, -0.1) is 0 Å². The van der Waals surface area contributed by atoms with Gasteiger partial charge >= 0.3 is 0 Å². The maximum atomic E-state index is 16.9. The van der Waals surface area contributed by atoms with Crippen LogP contribution < -0.4 is 0 Å². The van der Waals surface area contributed by atoms with Gasteiger partial charge in [-0.1, -0.05) is 39.8 Å². The zero-order chi connectivity index (χ0) is 43.1. The zero-order valence-corrected chi connectivity index (χ0v) is 33.7. The first kappa shape index (κ1) is 43.2. The maximum absolute atomic E-state index is 16.9. The molecule has 0 unspecified atom stereocenters. The Balaban J connectivity index is 0.000000177. The number of carbonyl (C=O) groups is 4. The van der Waals surface area contributed by atoms with Crippen LogP contribution in [-0.4, -0.2) is 114 Å². The van der Waals surface area contributed by atoms with Gasteiger partial charge in [0.1, 0.15) is 36.8 Å². The van der Waals surface area contributed by atoms with E-state index in [4.69, 9.17) is 0 Å². The van der Waals surface area contributed by atoms with E-state index in [1.165, 1.54) is 38.2 Å². The number of rotatable bonds is 4. The van der Waals surface area contributed by atoms with Crippen molar-refractivity contribution in [3.8, 4) is 0 Å². The van der Waals surface area contributed by atoms with E-state index in [0.29, 0.717) is 0 Å². The number of alkyl halides is 4. The van der Waals surface area contributed by atoms with Gasteiger partial charge in [0.05, 0.1) is 12.2 Å². The predicted octanol–water partition coefficient (Wildman–Crippen LogP) is 3.69. The molecule has 0 aliphatic heterocycles. The number of aliphatic hydroxyl groups excluding tert-OH is 4. The fraction of sp³-hybridized carbons (Fsp3) is 0.727. The standard InChI is InChI=1S/2C22H28F2O5/c2*1-11-6-13-14-8-16(23)15-7-12(26)4-5-19(15,2)21(14,24)17(27)9-20(13,3)22(11,29)18(28)10-25/h2*4-5,7,11,13-14,16-17,25,27,29H,6,8-10H2,1-3H3/t2*11-,13+,14+,16+,17+,19+,20+,21+,22+/m11/s1. The molecule has 0 amide bonds. The molecule has 8 aliphatic carbocycles. The second-order valence-corrected chi connectivity index (χ2v) is 19.7. The first-order valence-corrected chi connectivity index (χ1v) is 20.4. The van der Waals surface area contributed by atoms with Gasteiger partial charge in [0.25, 0.3) is 0 Å². The fourth-order valence-corrected chi connectivity index (χ4v) is 14.5. The summed E-state index contributed by atoms with van der Waals surface area (Å²) in [5.74, 6) is -6.49. The molecule has 0 aromatic carbocycles. The lowest BCUT2D eigenvalue weighted by atomic mass is 9.44. The van der Waals surface area contributed by atoms with Crippen molar-refractivity contribution in [1.29, 1.82) is 0 Å². The highest BCUT2D eigenvalue weighted by molar-refractivity contribution is 6.02.